The molecule has 0 saturated heterocycles. The number of hydrogen-bond donors (Lipinski definition) is 1. The number of hydrogen-bond acceptors (Lipinski definition) is 2. The van der Waals surface area contributed by atoms with Crippen LogP contribution in [0.1, 0.15) is 16.1 Å². The van der Waals surface area contributed by atoms with Crippen LogP contribution < -0.4 is 5.32 Å². The Morgan fingerprint density at radius 3 is 2.82 bits per heavy atom. The topological polar surface area (TPSA) is 42.2 Å². The van der Waals surface area contributed by atoms with E-state index in [1.165, 1.54) is 24.3 Å². The summed E-state index contributed by atoms with van der Waals surface area (Å²) >= 11 is 5.58. The number of amides is 1. The Kier molecular flexibility index (Phi) is 3.44. The Morgan fingerprint density at radius 1 is 1.35 bits per heavy atom. The van der Waals surface area contributed by atoms with Crippen LogP contribution in [-0.2, 0) is 6.54 Å². The fourth-order valence-corrected chi connectivity index (χ4v) is 1.51. The smallest absolute Gasteiger partial charge is 0.251 e. The van der Waals surface area contributed by atoms with Gasteiger partial charge in [0.2, 0.25) is 0 Å². The minimum Gasteiger partial charge on any atom is -0.448 e. The number of carbonyl (C=O) groups excluding carboxylic acids is 1. The van der Waals surface area contributed by atoms with E-state index in [2.05, 4.69) is 5.32 Å². The van der Waals surface area contributed by atoms with E-state index >= 15 is 0 Å². The number of carbonyl (C=O) groups is 1. The van der Waals surface area contributed by atoms with E-state index in [0.717, 1.165) is 0 Å². The maximum atomic E-state index is 12.9. The summed E-state index contributed by atoms with van der Waals surface area (Å²) in [6.45, 7) is 0.210. The molecule has 0 spiro atoms. The Morgan fingerprint density at radius 2 is 2.18 bits per heavy atom. The molecule has 1 amide bonds. The van der Waals surface area contributed by atoms with Gasteiger partial charge in [-0.2, -0.15) is 0 Å². The first kappa shape index (κ1) is 11.7. The third-order valence-electron chi connectivity index (χ3n) is 2.14. The monoisotopic (exact) mass is 253 g/mol. The average Bonchev–Trinajstić information content (AvgIpc) is 2.72. The van der Waals surface area contributed by atoms with Gasteiger partial charge in [0.25, 0.3) is 5.91 Å². The van der Waals surface area contributed by atoms with Crippen molar-refractivity contribution in [3.8, 4) is 0 Å². The Labute approximate surface area is 102 Å². The van der Waals surface area contributed by atoms with Crippen LogP contribution in [0.4, 0.5) is 4.39 Å². The predicted octanol–water partition coefficient (Wildman–Crippen LogP) is 3.00. The molecule has 2 rings (SSSR count). The molecule has 17 heavy (non-hydrogen) atoms. The molecule has 0 atom stereocenters. The molecule has 0 fully saturated rings. The first-order chi connectivity index (χ1) is 8.15. The third kappa shape index (κ3) is 3.07. The van der Waals surface area contributed by atoms with Gasteiger partial charge in [0.1, 0.15) is 11.6 Å². The molecule has 1 aromatic heterocycles. The maximum absolute atomic E-state index is 12.9. The van der Waals surface area contributed by atoms with Crippen molar-refractivity contribution in [2.24, 2.45) is 0 Å². The lowest BCUT2D eigenvalue weighted by Gasteiger charge is -2.03. The van der Waals surface area contributed by atoms with E-state index in [0.29, 0.717) is 5.76 Å². The van der Waals surface area contributed by atoms with E-state index in [1.807, 2.05) is 0 Å². The largest absolute Gasteiger partial charge is 0.448 e. The van der Waals surface area contributed by atoms with Gasteiger partial charge in [-0.15, -0.1) is 0 Å². The minimum atomic E-state index is -0.446. The third-order valence-corrected chi connectivity index (χ3v) is 2.34. The second-order valence-electron chi connectivity index (χ2n) is 3.40. The molecule has 0 aliphatic rings. The Hall–Kier alpha value is -1.81. The van der Waals surface area contributed by atoms with Crippen LogP contribution in [0.15, 0.2) is 40.8 Å². The van der Waals surface area contributed by atoms with Gasteiger partial charge in [-0.3, -0.25) is 4.79 Å². The van der Waals surface area contributed by atoms with Crippen LogP contribution in [-0.4, -0.2) is 5.91 Å². The van der Waals surface area contributed by atoms with Crippen molar-refractivity contribution < 1.29 is 13.6 Å². The molecule has 0 radical (unpaired) electrons. The van der Waals surface area contributed by atoms with Crippen molar-refractivity contribution in [3.63, 3.8) is 0 Å². The average molecular weight is 254 g/mol. The number of benzene rings is 1. The van der Waals surface area contributed by atoms with Crippen molar-refractivity contribution >= 4 is 17.5 Å². The van der Waals surface area contributed by atoms with Crippen LogP contribution in [0, 0.1) is 5.82 Å². The summed E-state index contributed by atoms with van der Waals surface area (Å²) in [4.78, 5) is 11.6. The van der Waals surface area contributed by atoms with Crippen LogP contribution >= 0.6 is 11.6 Å². The Bertz CT molecular complexity index is 539. The second kappa shape index (κ2) is 5.01. The van der Waals surface area contributed by atoms with Crippen molar-refractivity contribution in [2.45, 2.75) is 6.54 Å². The molecule has 2 aromatic rings. The van der Waals surface area contributed by atoms with Gasteiger partial charge in [-0.05, 0) is 41.9 Å². The van der Waals surface area contributed by atoms with Gasteiger partial charge in [-0.1, -0.05) is 6.07 Å². The zero-order valence-electron chi connectivity index (χ0n) is 8.74. The summed E-state index contributed by atoms with van der Waals surface area (Å²) < 4.78 is 17.9. The fourth-order valence-electron chi connectivity index (χ4n) is 1.35. The molecule has 0 aliphatic carbocycles. The highest BCUT2D eigenvalue weighted by Gasteiger charge is 2.07. The molecular formula is C12H9ClFNO2. The SMILES string of the molecule is O=C(NCc1ccc(Cl)o1)c1cccc(F)c1. The predicted molar refractivity (Wildman–Crippen MR) is 61.3 cm³/mol. The molecule has 1 N–H and O–H groups in total. The van der Waals surface area contributed by atoms with Gasteiger partial charge in [0.05, 0.1) is 6.54 Å². The summed E-state index contributed by atoms with van der Waals surface area (Å²) in [5.41, 5.74) is 0.266. The molecule has 0 bridgehead atoms. The normalized spacial score (nSPS) is 10.2. The fraction of sp³-hybridized carbons (Fsp3) is 0.0833. The van der Waals surface area contributed by atoms with Gasteiger partial charge >= 0.3 is 0 Å². The quantitative estimate of drug-likeness (QED) is 0.914. The lowest BCUT2D eigenvalue weighted by atomic mass is 10.2. The number of furan rings is 1. The number of nitrogens with one attached hydrogen (secondary N) is 1. The highest BCUT2D eigenvalue weighted by Crippen LogP contribution is 2.13. The molecule has 1 heterocycles. The van der Waals surface area contributed by atoms with Crippen molar-refractivity contribution in [1.29, 1.82) is 0 Å². The summed E-state index contributed by atoms with van der Waals surface area (Å²) in [5, 5.41) is 2.86. The lowest BCUT2D eigenvalue weighted by molar-refractivity contribution is 0.0947. The summed E-state index contributed by atoms with van der Waals surface area (Å²) in [7, 11) is 0. The van der Waals surface area contributed by atoms with Crippen molar-refractivity contribution in [1.82, 2.24) is 5.32 Å². The van der Waals surface area contributed by atoms with Crippen LogP contribution in [0.2, 0.25) is 5.22 Å². The number of rotatable bonds is 3. The van der Waals surface area contributed by atoms with E-state index in [1.54, 1.807) is 12.1 Å². The van der Waals surface area contributed by atoms with E-state index in [-0.39, 0.29) is 23.2 Å². The Balaban J connectivity index is 1.98. The first-order valence-corrected chi connectivity index (χ1v) is 5.31. The van der Waals surface area contributed by atoms with E-state index in [4.69, 9.17) is 16.0 Å². The van der Waals surface area contributed by atoms with E-state index in [9.17, 15) is 9.18 Å². The molecule has 0 unspecified atom stereocenters. The van der Waals surface area contributed by atoms with E-state index < -0.39 is 5.82 Å². The van der Waals surface area contributed by atoms with Gasteiger partial charge in [0.15, 0.2) is 5.22 Å². The van der Waals surface area contributed by atoms with Crippen molar-refractivity contribution in [2.75, 3.05) is 0 Å². The zero-order valence-corrected chi connectivity index (χ0v) is 9.50. The van der Waals surface area contributed by atoms with Crippen LogP contribution in [0.25, 0.3) is 0 Å². The van der Waals surface area contributed by atoms with Gasteiger partial charge < -0.3 is 9.73 Å². The molecule has 5 heteroatoms. The highest BCUT2D eigenvalue weighted by molar-refractivity contribution is 6.28. The lowest BCUT2D eigenvalue weighted by Crippen LogP contribution is -2.22. The summed E-state index contributed by atoms with van der Waals surface area (Å²) in [6.07, 6.45) is 0. The van der Waals surface area contributed by atoms with Crippen molar-refractivity contribution in [3.05, 3.63) is 58.8 Å². The minimum absolute atomic E-state index is 0.210. The zero-order chi connectivity index (χ0) is 12.3. The molecule has 1 aromatic carbocycles. The van der Waals surface area contributed by atoms with Crippen LogP contribution in [0.3, 0.4) is 0 Å². The number of halogens is 2. The molecule has 88 valence electrons. The molecule has 0 saturated carbocycles. The highest BCUT2D eigenvalue weighted by atomic mass is 35.5. The molecule has 0 aliphatic heterocycles. The maximum Gasteiger partial charge on any atom is 0.251 e. The van der Waals surface area contributed by atoms with Crippen LogP contribution in [0.5, 0.6) is 0 Å². The molecular weight excluding hydrogens is 245 g/mol. The first-order valence-electron chi connectivity index (χ1n) is 4.93. The molecule has 3 nitrogen and oxygen atoms in total. The summed E-state index contributed by atoms with van der Waals surface area (Å²) in [5.74, 6) is -0.268. The second-order valence-corrected chi connectivity index (χ2v) is 3.77. The summed E-state index contributed by atoms with van der Waals surface area (Å²) in [6, 6.07) is 8.72. The van der Waals surface area contributed by atoms with Gasteiger partial charge in [-0.25, -0.2) is 4.39 Å². The van der Waals surface area contributed by atoms with Gasteiger partial charge in [0, 0.05) is 5.56 Å². The standard InChI is InChI=1S/C12H9ClFNO2/c13-11-5-4-10(17-11)7-15-12(16)8-2-1-3-9(14)6-8/h1-6H,7H2,(H,15,16).